The summed E-state index contributed by atoms with van der Waals surface area (Å²) in [6, 6.07) is -2.33. The van der Waals surface area contributed by atoms with E-state index >= 15 is 0 Å². The Labute approximate surface area is 192 Å². The third-order valence-corrected chi connectivity index (χ3v) is 8.36. The summed E-state index contributed by atoms with van der Waals surface area (Å²) in [7, 11) is 0. The molecular weight excluding hydrogens is 440 g/mol. The zero-order valence-electron chi connectivity index (χ0n) is 19.4. The van der Waals surface area contributed by atoms with Crippen molar-refractivity contribution in [1.82, 2.24) is 20.4 Å². The molecule has 188 valence electrons. The van der Waals surface area contributed by atoms with Gasteiger partial charge in [-0.15, -0.1) is 0 Å². The molecule has 4 rings (SSSR count). The topological polar surface area (TPSA) is 64.7 Å². The van der Waals surface area contributed by atoms with Crippen molar-refractivity contribution in [1.29, 1.82) is 0 Å². The Morgan fingerprint density at radius 3 is 2.48 bits per heavy atom. The first-order valence-corrected chi connectivity index (χ1v) is 12.3. The molecule has 2 amide bonds. The fourth-order valence-corrected chi connectivity index (χ4v) is 6.52. The van der Waals surface area contributed by atoms with Crippen molar-refractivity contribution >= 4 is 11.8 Å². The number of carbonyl (C=O) groups excluding carboxylic acids is 2. The Kier molecular flexibility index (Phi) is 7.24. The van der Waals surface area contributed by atoms with Gasteiger partial charge in [-0.25, -0.2) is 4.39 Å². The Morgan fingerprint density at radius 1 is 1.06 bits per heavy atom. The summed E-state index contributed by atoms with van der Waals surface area (Å²) in [6.45, 7) is 3.52. The first kappa shape index (κ1) is 24.7. The SMILES string of the molecule is CC(=O)N1CCN(C2CCCC(NC(=O)C3CC4C(F)CCC(C)C4N3)C2)CC1C(F)(F)F. The van der Waals surface area contributed by atoms with E-state index in [1.54, 1.807) is 0 Å². The van der Waals surface area contributed by atoms with Crippen LogP contribution in [-0.4, -0.2) is 83.8 Å². The van der Waals surface area contributed by atoms with Gasteiger partial charge in [-0.1, -0.05) is 6.92 Å². The molecule has 4 aliphatic rings. The van der Waals surface area contributed by atoms with Crippen LogP contribution in [0.15, 0.2) is 0 Å². The molecule has 0 aromatic heterocycles. The number of hydrogen-bond acceptors (Lipinski definition) is 4. The van der Waals surface area contributed by atoms with Gasteiger partial charge in [0.15, 0.2) is 0 Å². The first-order valence-electron chi connectivity index (χ1n) is 12.3. The summed E-state index contributed by atoms with van der Waals surface area (Å²) < 4.78 is 55.1. The second-order valence-electron chi connectivity index (χ2n) is 10.5. The maximum absolute atomic E-state index is 14.4. The van der Waals surface area contributed by atoms with Gasteiger partial charge in [0.1, 0.15) is 12.2 Å². The molecular formula is C23H36F4N4O2. The smallest absolute Gasteiger partial charge is 0.352 e. The Hall–Kier alpha value is -1.42. The molecule has 33 heavy (non-hydrogen) atoms. The monoisotopic (exact) mass is 476 g/mol. The number of piperazine rings is 1. The lowest BCUT2D eigenvalue weighted by atomic mass is 9.77. The lowest BCUT2D eigenvalue weighted by Gasteiger charge is -2.46. The van der Waals surface area contributed by atoms with E-state index in [1.807, 2.05) is 4.90 Å². The maximum Gasteiger partial charge on any atom is 0.410 e. The maximum atomic E-state index is 14.4. The number of amides is 2. The average molecular weight is 477 g/mol. The van der Waals surface area contributed by atoms with Gasteiger partial charge < -0.3 is 15.5 Å². The van der Waals surface area contributed by atoms with Gasteiger partial charge >= 0.3 is 6.18 Å². The van der Waals surface area contributed by atoms with Gasteiger partial charge in [-0.05, 0) is 50.9 Å². The van der Waals surface area contributed by atoms with E-state index in [-0.39, 0.29) is 43.0 Å². The van der Waals surface area contributed by atoms with Crippen molar-refractivity contribution < 1.29 is 27.2 Å². The Bertz CT molecular complexity index is 718. The van der Waals surface area contributed by atoms with E-state index in [1.165, 1.54) is 6.92 Å². The normalized spacial score (nSPS) is 40.4. The average Bonchev–Trinajstić information content (AvgIpc) is 3.23. The molecule has 2 saturated carbocycles. The summed E-state index contributed by atoms with van der Waals surface area (Å²) in [5.74, 6) is -0.459. The van der Waals surface area contributed by atoms with Crippen molar-refractivity contribution in [2.75, 3.05) is 19.6 Å². The second kappa shape index (κ2) is 9.68. The molecule has 2 aliphatic carbocycles. The van der Waals surface area contributed by atoms with Crippen LogP contribution in [0.5, 0.6) is 0 Å². The summed E-state index contributed by atoms with van der Waals surface area (Å²) in [4.78, 5) is 27.4. The number of nitrogens with one attached hydrogen (secondary N) is 2. The van der Waals surface area contributed by atoms with Gasteiger partial charge in [-0.2, -0.15) is 13.2 Å². The standard InChI is InChI=1S/C23H36F4N4O2/c1-13-6-7-18(24)17-11-19(29-21(13)17)22(33)28-15-4-3-5-16(10-15)30-8-9-31(14(2)32)20(12-30)23(25,26)27/h13,15-21,29H,3-12H2,1-2H3,(H,28,33). The summed E-state index contributed by atoms with van der Waals surface area (Å²) >= 11 is 0. The van der Waals surface area contributed by atoms with Crippen molar-refractivity contribution in [2.45, 2.75) is 101 Å². The highest BCUT2D eigenvalue weighted by Gasteiger charge is 2.49. The van der Waals surface area contributed by atoms with Crippen molar-refractivity contribution in [3.05, 3.63) is 0 Å². The van der Waals surface area contributed by atoms with E-state index < -0.39 is 30.3 Å². The molecule has 0 spiro atoms. The lowest BCUT2D eigenvalue weighted by Crippen LogP contribution is -2.62. The third-order valence-electron chi connectivity index (χ3n) is 8.36. The molecule has 10 heteroatoms. The highest BCUT2D eigenvalue weighted by molar-refractivity contribution is 5.82. The predicted octanol–water partition coefficient (Wildman–Crippen LogP) is 2.62. The first-order chi connectivity index (χ1) is 15.5. The van der Waals surface area contributed by atoms with Crippen LogP contribution in [0.25, 0.3) is 0 Å². The van der Waals surface area contributed by atoms with Crippen LogP contribution < -0.4 is 10.6 Å². The lowest BCUT2D eigenvalue weighted by molar-refractivity contribution is -0.202. The number of carbonyl (C=O) groups is 2. The van der Waals surface area contributed by atoms with Crippen molar-refractivity contribution in [3.8, 4) is 0 Å². The van der Waals surface area contributed by atoms with Crippen LogP contribution >= 0.6 is 0 Å². The molecule has 0 bridgehead atoms. The van der Waals surface area contributed by atoms with Gasteiger partial charge in [0, 0.05) is 50.6 Å². The van der Waals surface area contributed by atoms with E-state index in [0.29, 0.717) is 31.7 Å². The van der Waals surface area contributed by atoms with Crippen molar-refractivity contribution in [2.24, 2.45) is 11.8 Å². The van der Waals surface area contributed by atoms with Gasteiger partial charge in [0.2, 0.25) is 11.8 Å². The molecule has 8 atom stereocenters. The zero-order chi connectivity index (χ0) is 23.9. The molecule has 0 radical (unpaired) electrons. The van der Waals surface area contributed by atoms with Crippen LogP contribution in [0.1, 0.15) is 58.8 Å². The van der Waals surface area contributed by atoms with E-state index in [9.17, 15) is 27.2 Å². The minimum absolute atomic E-state index is 0.0282. The summed E-state index contributed by atoms with van der Waals surface area (Å²) in [6.07, 6.45) is -0.469. The van der Waals surface area contributed by atoms with Crippen LogP contribution in [-0.2, 0) is 9.59 Å². The van der Waals surface area contributed by atoms with Gasteiger partial charge in [0.05, 0.1) is 6.04 Å². The Morgan fingerprint density at radius 2 is 1.82 bits per heavy atom. The number of rotatable bonds is 3. The van der Waals surface area contributed by atoms with E-state index in [2.05, 4.69) is 17.6 Å². The van der Waals surface area contributed by atoms with E-state index in [4.69, 9.17) is 0 Å². The van der Waals surface area contributed by atoms with Gasteiger partial charge in [0.25, 0.3) is 0 Å². The van der Waals surface area contributed by atoms with Crippen LogP contribution in [0.2, 0.25) is 0 Å². The molecule has 6 nitrogen and oxygen atoms in total. The predicted molar refractivity (Wildman–Crippen MR) is 115 cm³/mol. The minimum Gasteiger partial charge on any atom is -0.352 e. The zero-order valence-corrected chi connectivity index (χ0v) is 19.4. The van der Waals surface area contributed by atoms with Gasteiger partial charge in [-0.3, -0.25) is 14.5 Å². The molecule has 4 fully saturated rings. The molecule has 2 N–H and O–H groups in total. The molecule has 8 unspecified atom stereocenters. The highest BCUT2D eigenvalue weighted by Crippen LogP contribution is 2.39. The number of alkyl halides is 4. The fourth-order valence-electron chi connectivity index (χ4n) is 6.52. The summed E-state index contributed by atoms with van der Waals surface area (Å²) in [5, 5.41) is 6.45. The number of hydrogen-bond donors (Lipinski definition) is 2. The second-order valence-corrected chi connectivity index (χ2v) is 10.5. The fraction of sp³-hybridized carbons (Fsp3) is 0.913. The largest absolute Gasteiger partial charge is 0.410 e. The third kappa shape index (κ3) is 5.31. The Balaban J connectivity index is 1.33. The molecule has 2 aliphatic heterocycles. The summed E-state index contributed by atoms with van der Waals surface area (Å²) in [5.41, 5.74) is 0. The highest BCUT2D eigenvalue weighted by atomic mass is 19.4. The van der Waals surface area contributed by atoms with Crippen LogP contribution in [0, 0.1) is 11.8 Å². The van der Waals surface area contributed by atoms with Crippen LogP contribution in [0.4, 0.5) is 17.6 Å². The number of fused-ring (bicyclic) bond motifs is 1. The van der Waals surface area contributed by atoms with Crippen molar-refractivity contribution in [3.63, 3.8) is 0 Å². The molecule has 2 heterocycles. The van der Waals surface area contributed by atoms with E-state index in [0.717, 1.165) is 30.6 Å². The number of halogens is 4. The molecule has 0 aromatic carbocycles. The quantitative estimate of drug-likeness (QED) is 0.615. The number of nitrogens with zero attached hydrogens (tertiary/aromatic N) is 2. The molecule has 2 saturated heterocycles. The minimum atomic E-state index is -4.47. The van der Waals surface area contributed by atoms with Crippen LogP contribution in [0.3, 0.4) is 0 Å². The molecule has 0 aromatic rings.